The molecule has 0 aliphatic heterocycles. The van der Waals surface area contributed by atoms with Crippen molar-refractivity contribution in [1.82, 2.24) is 0 Å². The smallest absolute Gasteiger partial charge is 0.362 e. The molecule has 0 unspecified atom stereocenters. The third-order valence-electron chi connectivity index (χ3n) is 2.39. The number of aliphatic hydroxyl groups excluding tert-OH is 1. The van der Waals surface area contributed by atoms with Gasteiger partial charge < -0.3 is 35.7 Å². The van der Waals surface area contributed by atoms with Crippen molar-refractivity contribution in [3.05, 3.63) is 0 Å². The fraction of sp³-hybridized carbons (Fsp3) is 1.00. The van der Waals surface area contributed by atoms with Gasteiger partial charge in [0.2, 0.25) is 0 Å². The molecule has 0 bridgehead atoms. The monoisotopic (exact) mass is 284 g/mol. The summed E-state index contributed by atoms with van der Waals surface area (Å²) in [5, 5.41) is 54.8. The molecule has 7 heteroatoms. The van der Waals surface area contributed by atoms with Crippen molar-refractivity contribution >= 4 is 0 Å². The molecule has 0 fully saturated rings. The van der Waals surface area contributed by atoms with Gasteiger partial charge in [-0.2, -0.15) is 0 Å². The number of rotatable bonds is 8. The average molecular weight is 284 g/mol. The van der Waals surface area contributed by atoms with Gasteiger partial charge in [0, 0.05) is 6.61 Å². The lowest BCUT2D eigenvalue weighted by Crippen LogP contribution is -2.54. The first-order valence-electron chi connectivity index (χ1n) is 6.47. The van der Waals surface area contributed by atoms with Crippen LogP contribution in [0, 0.1) is 5.92 Å². The van der Waals surface area contributed by atoms with Gasteiger partial charge in [-0.25, -0.2) is 0 Å². The Kier molecular flexibility index (Phi) is 11.6. The Labute approximate surface area is 113 Å². The Morgan fingerprint density at radius 2 is 1.05 bits per heavy atom. The standard InChI is InChI=1S/C10H22O.C2H6O6/c1-10(2)8-6-4-3-5-7-9-11;3-1(4,5)2(6,7)8/h10-11H,3-9H2,1-2H3;3-8H. The van der Waals surface area contributed by atoms with Gasteiger partial charge in [-0.1, -0.05) is 46.0 Å². The molecule has 0 heterocycles. The molecule has 0 aromatic carbocycles. The SMILES string of the molecule is CC(C)CCCCCCCO.OC(O)(O)C(O)(O)O. The predicted octanol–water partition coefficient (Wildman–Crippen LogP) is -0.777. The first-order valence-corrected chi connectivity index (χ1v) is 6.47. The summed E-state index contributed by atoms with van der Waals surface area (Å²) in [5.41, 5.74) is 0. The van der Waals surface area contributed by atoms with Crippen LogP contribution in [0.25, 0.3) is 0 Å². The summed E-state index contributed by atoms with van der Waals surface area (Å²) in [6.07, 6.45) is 7.56. The molecule has 0 amide bonds. The number of unbranched alkanes of at least 4 members (excludes halogenated alkanes) is 4. The fourth-order valence-electron chi connectivity index (χ4n) is 1.19. The predicted molar refractivity (Wildman–Crippen MR) is 68.4 cm³/mol. The molecule has 0 aromatic rings. The van der Waals surface area contributed by atoms with Gasteiger partial charge in [0.1, 0.15) is 0 Å². The molecular weight excluding hydrogens is 256 g/mol. The van der Waals surface area contributed by atoms with E-state index >= 15 is 0 Å². The normalized spacial score (nSPS) is 12.3. The molecule has 0 saturated carbocycles. The van der Waals surface area contributed by atoms with E-state index in [1.165, 1.54) is 32.1 Å². The number of hydrogen-bond acceptors (Lipinski definition) is 7. The van der Waals surface area contributed by atoms with Crippen LogP contribution >= 0.6 is 0 Å². The Morgan fingerprint density at radius 3 is 1.37 bits per heavy atom. The van der Waals surface area contributed by atoms with Gasteiger partial charge in [0.25, 0.3) is 0 Å². The van der Waals surface area contributed by atoms with Crippen LogP contribution in [0.15, 0.2) is 0 Å². The highest BCUT2D eigenvalue weighted by molar-refractivity contribution is 4.54. The zero-order valence-corrected chi connectivity index (χ0v) is 11.7. The fourth-order valence-corrected chi connectivity index (χ4v) is 1.19. The minimum atomic E-state index is -3.90. The first kappa shape index (κ1) is 21.0. The van der Waals surface area contributed by atoms with Crippen LogP contribution in [-0.2, 0) is 0 Å². The van der Waals surface area contributed by atoms with Crippen LogP contribution < -0.4 is 0 Å². The lowest BCUT2D eigenvalue weighted by Gasteiger charge is -2.23. The van der Waals surface area contributed by atoms with Crippen molar-refractivity contribution in [3.8, 4) is 0 Å². The summed E-state index contributed by atoms with van der Waals surface area (Å²) in [5.74, 6) is -6.94. The molecule has 7 N–H and O–H groups in total. The van der Waals surface area contributed by atoms with E-state index in [0.717, 1.165) is 12.3 Å². The summed E-state index contributed by atoms with van der Waals surface area (Å²) in [6, 6.07) is 0. The minimum absolute atomic E-state index is 0.365. The summed E-state index contributed by atoms with van der Waals surface area (Å²) in [4.78, 5) is 0. The second-order valence-electron chi connectivity index (χ2n) is 4.94. The van der Waals surface area contributed by atoms with Crippen LogP contribution in [0.4, 0.5) is 0 Å². The minimum Gasteiger partial charge on any atom is -0.396 e. The zero-order chi connectivity index (χ0) is 15.5. The molecule has 0 radical (unpaired) electrons. The van der Waals surface area contributed by atoms with Gasteiger partial charge in [-0.15, -0.1) is 0 Å². The Balaban J connectivity index is 0. The largest absolute Gasteiger partial charge is 0.396 e. The molecule has 0 spiro atoms. The molecule has 0 aliphatic rings. The van der Waals surface area contributed by atoms with Gasteiger partial charge in [-0.3, -0.25) is 0 Å². The highest BCUT2D eigenvalue weighted by atomic mass is 16.8. The number of hydrogen-bond donors (Lipinski definition) is 7. The van der Waals surface area contributed by atoms with Crippen LogP contribution in [0.1, 0.15) is 52.4 Å². The second-order valence-corrected chi connectivity index (χ2v) is 4.94. The second kappa shape index (κ2) is 10.5. The molecule has 0 atom stereocenters. The van der Waals surface area contributed by atoms with Crippen molar-refractivity contribution in [2.75, 3.05) is 6.61 Å². The summed E-state index contributed by atoms with van der Waals surface area (Å²) < 4.78 is 0. The Hall–Kier alpha value is -0.280. The van der Waals surface area contributed by atoms with Gasteiger partial charge in [0.15, 0.2) is 0 Å². The van der Waals surface area contributed by atoms with Crippen LogP contribution in [0.3, 0.4) is 0 Å². The van der Waals surface area contributed by atoms with E-state index in [-0.39, 0.29) is 0 Å². The molecule has 0 aromatic heterocycles. The summed E-state index contributed by atoms with van der Waals surface area (Å²) >= 11 is 0. The molecule has 19 heavy (non-hydrogen) atoms. The Bertz CT molecular complexity index is 181. The number of aliphatic hydroxyl groups is 7. The van der Waals surface area contributed by atoms with Crippen molar-refractivity contribution in [1.29, 1.82) is 0 Å². The van der Waals surface area contributed by atoms with E-state index in [1.807, 2.05) is 0 Å². The average Bonchev–Trinajstić information content (AvgIpc) is 2.21. The van der Waals surface area contributed by atoms with Crippen LogP contribution in [0.2, 0.25) is 0 Å². The van der Waals surface area contributed by atoms with E-state index in [1.54, 1.807) is 0 Å². The van der Waals surface area contributed by atoms with Crippen molar-refractivity contribution in [2.24, 2.45) is 5.92 Å². The zero-order valence-electron chi connectivity index (χ0n) is 11.7. The summed E-state index contributed by atoms with van der Waals surface area (Å²) in [7, 11) is 0. The molecule has 0 saturated heterocycles. The molecule has 118 valence electrons. The third-order valence-corrected chi connectivity index (χ3v) is 2.39. The van der Waals surface area contributed by atoms with Crippen molar-refractivity contribution in [2.45, 2.75) is 64.3 Å². The van der Waals surface area contributed by atoms with E-state index in [9.17, 15) is 0 Å². The van der Waals surface area contributed by atoms with Gasteiger partial charge >= 0.3 is 11.9 Å². The van der Waals surface area contributed by atoms with Gasteiger partial charge in [-0.05, 0) is 12.3 Å². The van der Waals surface area contributed by atoms with E-state index < -0.39 is 11.9 Å². The quantitative estimate of drug-likeness (QED) is 0.229. The molecule has 7 nitrogen and oxygen atoms in total. The molecule has 0 aliphatic carbocycles. The van der Waals surface area contributed by atoms with Crippen LogP contribution in [-0.4, -0.2) is 54.3 Å². The van der Waals surface area contributed by atoms with Crippen molar-refractivity contribution in [3.63, 3.8) is 0 Å². The van der Waals surface area contributed by atoms with Crippen molar-refractivity contribution < 1.29 is 35.7 Å². The maximum Gasteiger partial charge on any atom is 0.362 e. The maximum absolute atomic E-state index is 8.51. The molecule has 0 rings (SSSR count). The summed E-state index contributed by atoms with van der Waals surface area (Å²) in [6.45, 7) is 4.91. The van der Waals surface area contributed by atoms with Gasteiger partial charge in [0.05, 0.1) is 0 Å². The van der Waals surface area contributed by atoms with E-state index in [2.05, 4.69) is 13.8 Å². The third kappa shape index (κ3) is 15.7. The maximum atomic E-state index is 8.51. The highest BCUT2D eigenvalue weighted by Gasteiger charge is 2.44. The molecular formula is C12H28O7. The highest BCUT2D eigenvalue weighted by Crippen LogP contribution is 2.10. The lowest BCUT2D eigenvalue weighted by atomic mass is 10.0. The Morgan fingerprint density at radius 1 is 0.684 bits per heavy atom. The lowest BCUT2D eigenvalue weighted by molar-refractivity contribution is -0.512. The topological polar surface area (TPSA) is 142 Å². The first-order chi connectivity index (χ1) is 8.52. The van der Waals surface area contributed by atoms with Crippen LogP contribution in [0.5, 0.6) is 0 Å². The van der Waals surface area contributed by atoms with E-state index in [0.29, 0.717) is 6.61 Å². The van der Waals surface area contributed by atoms with E-state index in [4.69, 9.17) is 35.7 Å².